The lowest BCUT2D eigenvalue weighted by molar-refractivity contribution is -0.138. The molecule has 0 bridgehead atoms. The first-order valence-electron chi connectivity index (χ1n) is 19.6. The monoisotopic (exact) mass is 833 g/mol. The lowest BCUT2D eigenvalue weighted by atomic mass is 10.2. The largest absolute Gasteiger partial charge is 0.494 e. The van der Waals surface area contributed by atoms with Gasteiger partial charge < -0.3 is 28.4 Å². The van der Waals surface area contributed by atoms with E-state index in [4.69, 9.17) is 28.4 Å². The van der Waals surface area contributed by atoms with Crippen molar-refractivity contribution >= 4 is 56.8 Å². The fourth-order valence-corrected chi connectivity index (χ4v) is 6.33. The van der Waals surface area contributed by atoms with Gasteiger partial charge in [0.15, 0.2) is 0 Å². The highest BCUT2D eigenvalue weighted by atomic mass is 32.1. The Morgan fingerprint density at radius 2 is 1.13 bits per heavy atom. The Morgan fingerprint density at radius 3 is 1.68 bits per heavy atom. The van der Waals surface area contributed by atoms with Gasteiger partial charge in [0.05, 0.1) is 54.0 Å². The summed E-state index contributed by atoms with van der Waals surface area (Å²) in [7, 11) is 0. The van der Waals surface area contributed by atoms with Gasteiger partial charge in [-0.15, -0.1) is 0 Å². The quantitative estimate of drug-likeness (QED) is 0.0148. The second-order valence-electron chi connectivity index (χ2n) is 13.2. The second kappa shape index (κ2) is 24.2. The maximum absolute atomic E-state index is 13.3. The molecule has 0 aliphatic rings. The predicted octanol–water partition coefficient (Wildman–Crippen LogP) is 9.52. The van der Waals surface area contributed by atoms with Gasteiger partial charge in [0.25, 0.3) is 0 Å². The summed E-state index contributed by atoms with van der Waals surface area (Å²) in [5, 5.41) is 4.91. The summed E-state index contributed by atoms with van der Waals surface area (Å²) in [5.74, 6) is -0.403. The van der Waals surface area contributed by atoms with Gasteiger partial charge in [-0.1, -0.05) is 36.6 Å². The highest BCUT2D eigenvalue weighted by Crippen LogP contribution is 2.28. The summed E-state index contributed by atoms with van der Waals surface area (Å²) in [5.41, 5.74) is 4.74. The number of rotatable bonds is 25. The van der Waals surface area contributed by atoms with E-state index in [9.17, 15) is 19.2 Å². The molecule has 0 aliphatic carbocycles. The number of unbranched alkanes of at least 4 members (excludes halogenated alkanes) is 6. The van der Waals surface area contributed by atoms with Crippen molar-refractivity contribution in [3.63, 3.8) is 0 Å². The van der Waals surface area contributed by atoms with E-state index in [1.165, 1.54) is 29.7 Å². The molecule has 5 rings (SSSR count). The van der Waals surface area contributed by atoms with Crippen molar-refractivity contribution in [1.29, 1.82) is 0 Å². The Morgan fingerprint density at radius 1 is 0.617 bits per heavy atom. The first-order valence-corrected chi connectivity index (χ1v) is 20.4. The summed E-state index contributed by atoms with van der Waals surface area (Å²) < 4.78 is 34.1. The summed E-state index contributed by atoms with van der Waals surface area (Å²) in [6.45, 7) is 8.50. The molecule has 1 N–H and O–H groups in total. The van der Waals surface area contributed by atoms with Crippen LogP contribution in [0.4, 0.5) is 5.13 Å². The molecular formula is C46H47N3O10S. The number of fused-ring (bicyclic) bond motifs is 1. The molecule has 0 aliphatic heterocycles. The van der Waals surface area contributed by atoms with Gasteiger partial charge in [-0.25, -0.2) is 24.2 Å². The zero-order chi connectivity index (χ0) is 42.4. The van der Waals surface area contributed by atoms with Crippen molar-refractivity contribution in [2.45, 2.75) is 51.4 Å². The minimum absolute atomic E-state index is 0.187. The third kappa shape index (κ3) is 14.9. The summed E-state index contributed by atoms with van der Waals surface area (Å²) in [6, 6.07) is 25.6. The molecule has 312 valence electrons. The van der Waals surface area contributed by atoms with Crippen LogP contribution in [0, 0.1) is 0 Å². The van der Waals surface area contributed by atoms with E-state index in [0.717, 1.165) is 73.7 Å². The average molecular weight is 834 g/mol. The molecule has 1 heterocycles. The average Bonchev–Trinajstić information content (AvgIpc) is 3.69. The SMILES string of the molecule is C=CC(=O)OCCCCCCOc1ccc(C(=O)Oc2ccc(OC(=O)c3ccc(OCCCCCCOC(=O)C=C)cc3)c(/C=N\Nc3nc4ccccc4s3)c2)cc1. The molecule has 0 unspecified atom stereocenters. The highest BCUT2D eigenvalue weighted by molar-refractivity contribution is 7.22. The number of hydrogen-bond acceptors (Lipinski definition) is 14. The van der Waals surface area contributed by atoms with Crippen LogP contribution in [0.15, 0.2) is 121 Å². The van der Waals surface area contributed by atoms with Crippen molar-refractivity contribution in [2.75, 3.05) is 31.9 Å². The van der Waals surface area contributed by atoms with Gasteiger partial charge >= 0.3 is 23.9 Å². The van der Waals surface area contributed by atoms with Gasteiger partial charge in [0, 0.05) is 17.7 Å². The third-order valence-corrected chi connectivity index (χ3v) is 9.61. The number of nitrogens with zero attached hydrogens (tertiary/aromatic N) is 2. The molecule has 60 heavy (non-hydrogen) atoms. The molecule has 0 atom stereocenters. The molecule has 0 saturated heterocycles. The van der Waals surface area contributed by atoms with Crippen LogP contribution in [-0.4, -0.2) is 61.5 Å². The van der Waals surface area contributed by atoms with E-state index in [0.29, 0.717) is 59.7 Å². The van der Waals surface area contributed by atoms with Crippen LogP contribution < -0.4 is 24.4 Å². The van der Waals surface area contributed by atoms with Crippen LogP contribution in [-0.2, 0) is 19.1 Å². The lowest BCUT2D eigenvalue weighted by Crippen LogP contribution is -2.11. The van der Waals surface area contributed by atoms with Gasteiger partial charge in [-0.2, -0.15) is 5.10 Å². The molecule has 0 radical (unpaired) electrons. The summed E-state index contributed by atoms with van der Waals surface area (Å²) in [4.78, 5) is 53.2. The Balaban J connectivity index is 1.15. The standard InChI is InChI=1S/C46H47N3O10S/c1-3-42(50)56-29-13-7-5-11-27-54-36-21-17-33(18-22-36)44(52)58-38-25-26-40(35(31-38)32-47-49-46-48-39-15-9-10-16-41(39)60-46)59-45(53)34-19-23-37(24-20-34)55-28-12-6-8-14-30-57-43(51)4-2/h3-4,9-10,15-26,31-32H,1-2,5-8,11-14,27-30H2,(H,48,49)/b47-32-. The van der Waals surface area contributed by atoms with Crippen LogP contribution in [0.25, 0.3) is 10.2 Å². The van der Waals surface area contributed by atoms with Crippen LogP contribution in [0.5, 0.6) is 23.0 Å². The fourth-order valence-electron chi connectivity index (χ4n) is 5.52. The first-order chi connectivity index (χ1) is 29.3. The number of hydrogen-bond donors (Lipinski definition) is 1. The number of benzene rings is 4. The van der Waals surface area contributed by atoms with E-state index in [-0.39, 0.29) is 11.5 Å². The van der Waals surface area contributed by atoms with Gasteiger partial charge in [-0.3, -0.25) is 5.43 Å². The second-order valence-corrected chi connectivity index (χ2v) is 14.2. The van der Waals surface area contributed by atoms with Crippen molar-refractivity contribution in [3.05, 3.63) is 133 Å². The number of hydrazone groups is 1. The molecule has 14 heteroatoms. The summed E-state index contributed by atoms with van der Waals surface area (Å²) in [6.07, 6.45) is 10.6. The number of anilines is 1. The highest BCUT2D eigenvalue weighted by Gasteiger charge is 2.15. The topological polar surface area (TPSA) is 161 Å². The number of aromatic nitrogens is 1. The Kier molecular flexibility index (Phi) is 17.9. The van der Waals surface area contributed by atoms with E-state index in [2.05, 4.69) is 28.7 Å². The number of esters is 4. The van der Waals surface area contributed by atoms with Gasteiger partial charge in [-0.05, 0) is 130 Å². The van der Waals surface area contributed by atoms with Crippen LogP contribution in [0.2, 0.25) is 0 Å². The smallest absolute Gasteiger partial charge is 0.343 e. The molecule has 0 saturated carbocycles. The normalized spacial score (nSPS) is 10.8. The fraction of sp³-hybridized carbons (Fsp3) is 0.261. The van der Waals surface area contributed by atoms with Gasteiger partial charge in [0.2, 0.25) is 5.13 Å². The molecule has 1 aromatic heterocycles. The van der Waals surface area contributed by atoms with Crippen molar-refractivity contribution in [3.8, 4) is 23.0 Å². The number of nitrogens with one attached hydrogen (secondary N) is 1. The summed E-state index contributed by atoms with van der Waals surface area (Å²) >= 11 is 1.43. The van der Waals surface area contributed by atoms with E-state index in [1.54, 1.807) is 54.6 Å². The maximum Gasteiger partial charge on any atom is 0.343 e. The minimum atomic E-state index is -0.605. The van der Waals surface area contributed by atoms with Crippen molar-refractivity contribution < 1.29 is 47.6 Å². The number of ether oxygens (including phenoxy) is 6. The van der Waals surface area contributed by atoms with Crippen LogP contribution >= 0.6 is 11.3 Å². The maximum atomic E-state index is 13.3. The number of thiazole rings is 1. The van der Waals surface area contributed by atoms with Crippen LogP contribution in [0.3, 0.4) is 0 Å². The number of carbonyl (C=O) groups excluding carboxylic acids is 4. The van der Waals surface area contributed by atoms with Crippen LogP contribution in [0.1, 0.15) is 77.6 Å². The third-order valence-electron chi connectivity index (χ3n) is 8.67. The van der Waals surface area contributed by atoms with E-state index in [1.807, 2.05) is 24.3 Å². The zero-order valence-electron chi connectivity index (χ0n) is 33.2. The first kappa shape index (κ1) is 44.3. The molecular weight excluding hydrogens is 787 g/mol. The zero-order valence-corrected chi connectivity index (χ0v) is 34.0. The Bertz CT molecular complexity index is 2200. The van der Waals surface area contributed by atoms with Gasteiger partial charge in [0.1, 0.15) is 23.0 Å². The van der Waals surface area contributed by atoms with E-state index >= 15 is 0 Å². The molecule has 13 nitrogen and oxygen atoms in total. The van der Waals surface area contributed by atoms with Crippen molar-refractivity contribution in [1.82, 2.24) is 4.98 Å². The lowest BCUT2D eigenvalue weighted by Gasteiger charge is -2.11. The Hall–Kier alpha value is -6.80. The minimum Gasteiger partial charge on any atom is -0.494 e. The molecule has 5 aromatic rings. The molecule has 4 aromatic carbocycles. The predicted molar refractivity (Wildman–Crippen MR) is 230 cm³/mol. The van der Waals surface area contributed by atoms with Crippen molar-refractivity contribution in [2.24, 2.45) is 5.10 Å². The van der Waals surface area contributed by atoms with E-state index < -0.39 is 23.9 Å². The number of para-hydroxylation sites is 1. The molecule has 0 amide bonds. The molecule has 0 fully saturated rings. The Labute approximate surface area is 352 Å². The number of carbonyl (C=O) groups is 4. The molecule has 0 spiro atoms.